The number of hydrogen-bond acceptors (Lipinski definition) is 3. The molecule has 1 fully saturated rings. The van der Waals surface area contributed by atoms with Crippen LogP contribution in [0.5, 0.6) is 0 Å². The number of thioether (sulfide) groups is 1. The van der Waals surface area contributed by atoms with E-state index in [2.05, 4.69) is 5.32 Å². The van der Waals surface area contributed by atoms with Crippen LogP contribution in [0.1, 0.15) is 36.5 Å². The molecule has 1 atom stereocenters. The molecule has 0 bridgehead atoms. The molecule has 128 valence electrons. The van der Waals surface area contributed by atoms with E-state index in [-0.39, 0.29) is 18.0 Å². The fraction of sp³-hybridized carbons (Fsp3) is 0.562. The molecule has 1 amide bonds. The minimum atomic E-state index is -4.45. The molecular formula is C16H20F3NO2S. The first-order valence-electron chi connectivity index (χ1n) is 7.56. The Hall–Kier alpha value is -1.21. The highest BCUT2D eigenvalue weighted by Gasteiger charge is 2.30. The Kier molecular flexibility index (Phi) is 6.35. The maximum Gasteiger partial charge on any atom is 0.416 e. The van der Waals surface area contributed by atoms with Gasteiger partial charge in [0.2, 0.25) is 5.91 Å². The van der Waals surface area contributed by atoms with Crippen LogP contribution in [0.2, 0.25) is 0 Å². The van der Waals surface area contributed by atoms with Crippen molar-refractivity contribution < 1.29 is 23.1 Å². The first-order valence-corrected chi connectivity index (χ1v) is 8.71. The summed E-state index contributed by atoms with van der Waals surface area (Å²) in [6.07, 6.45) is -3.17. The highest BCUT2D eigenvalue weighted by atomic mass is 32.2. The Morgan fingerprint density at radius 2 is 2.04 bits per heavy atom. The molecule has 1 aromatic rings. The summed E-state index contributed by atoms with van der Waals surface area (Å²) in [4.78, 5) is 11.9. The van der Waals surface area contributed by atoms with E-state index in [1.807, 2.05) is 11.8 Å². The number of aliphatic hydroxyl groups excluding tert-OH is 1. The molecule has 0 saturated carbocycles. The molecule has 1 aliphatic rings. The number of hydrogen-bond donors (Lipinski definition) is 2. The molecule has 23 heavy (non-hydrogen) atoms. The van der Waals surface area contributed by atoms with Crippen LogP contribution in [0, 0.1) is 5.92 Å². The van der Waals surface area contributed by atoms with Gasteiger partial charge in [-0.05, 0) is 48.0 Å². The zero-order valence-electron chi connectivity index (χ0n) is 12.6. The first kappa shape index (κ1) is 18.1. The third-order valence-electron chi connectivity index (χ3n) is 3.91. The van der Waals surface area contributed by atoms with Gasteiger partial charge < -0.3 is 10.4 Å². The van der Waals surface area contributed by atoms with Crippen LogP contribution in [-0.4, -0.2) is 29.1 Å². The Balaban J connectivity index is 1.84. The fourth-order valence-electron chi connectivity index (χ4n) is 2.54. The van der Waals surface area contributed by atoms with Crippen LogP contribution in [0.15, 0.2) is 24.3 Å². The molecule has 3 nitrogen and oxygen atoms in total. The zero-order valence-corrected chi connectivity index (χ0v) is 13.4. The van der Waals surface area contributed by atoms with E-state index in [1.165, 1.54) is 12.1 Å². The van der Waals surface area contributed by atoms with Crippen molar-refractivity contribution in [1.82, 2.24) is 5.32 Å². The van der Waals surface area contributed by atoms with E-state index in [1.54, 1.807) is 0 Å². The second kappa shape index (κ2) is 8.06. The summed E-state index contributed by atoms with van der Waals surface area (Å²) in [7, 11) is 0. The highest BCUT2D eigenvalue weighted by Crippen LogP contribution is 2.30. The van der Waals surface area contributed by atoms with Crippen molar-refractivity contribution >= 4 is 17.7 Å². The van der Waals surface area contributed by atoms with Gasteiger partial charge in [0.15, 0.2) is 0 Å². The Morgan fingerprint density at radius 1 is 1.35 bits per heavy atom. The van der Waals surface area contributed by atoms with Gasteiger partial charge in [-0.15, -0.1) is 0 Å². The van der Waals surface area contributed by atoms with E-state index in [0.29, 0.717) is 12.3 Å². The number of carbonyl (C=O) groups is 1. The van der Waals surface area contributed by atoms with Gasteiger partial charge in [-0.3, -0.25) is 4.79 Å². The topological polar surface area (TPSA) is 49.3 Å². The Labute approximate surface area is 137 Å². The van der Waals surface area contributed by atoms with Crippen LogP contribution >= 0.6 is 11.8 Å². The summed E-state index contributed by atoms with van der Waals surface area (Å²) < 4.78 is 38.0. The van der Waals surface area contributed by atoms with Crippen LogP contribution < -0.4 is 5.32 Å². The fourth-order valence-corrected chi connectivity index (χ4v) is 3.74. The second-order valence-corrected chi connectivity index (χ2v) is 6.93. The van der Waals surface area contributed by atoms with E-state index in [0.717, 1.165) is 36.5 Å². The minimum Gasteiger partial charge on any atom is -0.387 e. The van der Waals surface area contributed by atoms with Gasteiger partial charge in [-0.25, -0.2) is 0 Å². The summed E-state index contributed by atoms with van der Waals surface area (Å²) in [5.74, 6) is 2.32. The number of carbonyl (C=O) groups excluding carboxylic acids is 1. The molecule has 0 radical (unpaired) electrons. The molecule has 0 spiro atoms. The monoisotopic (exact) mass is 347 g/mol. The van der Waals surface area contributed by atoms with Crippen molar-refractivity contribution in [2.24, 2.45) is 5.92 Å². The molecule has 0 aliphatic carbocycles. The SMILES string of the molecule is O=C(CC1CCSCC1)NCC(O)c1cccc(C(F)(F)F)c1. The summed E-state index contributed by atoms with van der Waals surface area (Å²) in [6.45, 7) is -0.0817. The van der Waals surface area contributed by atoms with Gasteiger partial charge in [-0.1, -0.05) is 12.1 Å². The van der Waals surface area contributed by atoms with Gasteiger partial charge in [0.25, 0.3) is 0 Å². The lowest BCUT2D eigenvalue weighted by Gasteiger charge is -2.21. The lowest BCUT2D eigenvalue weighted by molar-refractivity contribution is -0.137. The van der Waals surface area contributed by atoms with Crippen LogP contribution in [0.4, 0.5) is 13.2 Å². The van der Waals surface area contributed by atoms with Crippen molar-refractivity contribution in [2.45, 2.75) is 31.5 Å². The third kappa shape index (κ3) is 5.73. The second-order valence-electron chi connectivity index (χ2n) is 5.70. The maximum absolute atomic E-state index is 12.7. The van der Waals surface area contributed by atoms with Crippen LogP contribution in [0.3, 0.4) is 0 Å². The summed E-state index contributed by atoms with van der Waals surface area (Å²) >= 11 is 1.88. The number of nitrogens with one attached hydrogen (secondary N) is 1. The zero-order chi connectivity index (χ0) is 16.9. The number of amides is 1. The Bertz CT molecular complexity index is 530. The smallest absolute Gasteiger partial charge is 0.387 e. The molecule has 2 N–H and O–H groups in total. The molecule has 1 saturated heterocycles. The van der Waals surface area contributed by atoms with Gasteiger partial charge in [0, 0.05) is 13.0 Å². The molecule has 0 aromatic heterocycles. The predicted molar refractivity (Wildman–Crippen MR) is 84.1 cm³/mol. The lowest BCUT2D eigenvalue weighted by Crippen LogP contribution is -2.30. The summed E-state index contributed by atoms with van der Waals surface area (Å²) in [5.41, 5.74) is -0.658. The molecule has 1 aromatic carbocycles. The molecule has 7 heteroatoms. The van der Waals surface area contributed by atoms with E-state index >= 15 is 0 Å². The molecular weight excluding hydrogens is 327 g/mol. The average molecular weight is 347 g/mol. The van der Waals surface area contributed by atoms with Gasteiger partial charge in [0.1, 0.15) is 0 Å². The van der Waals surface area contributed by atoms with Crippen LogP contribution in [-0.2, 0) is 11.0 Å². The number of aliphatic hydroxyl groups is 1. The number of rotatable bonds is 5. The average Bonchev–Trinajstić information content (AvgIpc) is 2.53. The van der Waals surface area contributed by atoms with Gasteiger partial charge in [-0.2, -0.15) is 24.9 Å². The third-order valence-corrected chi connectivity index (χ3v) is 4.96. The largest absolute Gasteiger partial charge is 0.416 e. The number of benzene rings is 1. The van der Waals surface area contributed by atoms with Crippen molar-refractivity contribution in [2.75, 3.05) is 18.1 Å². The van der Waals surface area contributed by atoms with Crippen LogP contribution in [0.25, 0.3) is 0 Å². The van der Waals surface area contributed by atoms with E-state index in [4.69, 9.17) is 0 Å². The minimum absolute atomic E-state index is 0.0817. The molecule has 1 unspecified atom stereocenters. The molecule has 2 rings (SSSR count). The van der Waals surface area contributed by atoms with Gasteiger partial charge in [0.05, 0.1) is 11.7 Å². The molecule has 1 aliphatic heterocycles. The summed E-state index contributed by atoms with van der Waals surface area (Å²) in [5, 5.41) is 12.6. The quantitative estimate of drug-likeness (QED) is 0.858. The maximum atomic E-state index is 12.7. The van der Waals surface area contributed by atoms with Crippen molar-refractivity contribution in [3.05, 3.63) is 35.4 Å². The predicted octanol–water partition coefficient (Wildman–Crippen LogP) is 3.39. The van der Waals surface area contributed by atoms with Crippen molar-refractivity contribution in [3.8, 4) is 0 Å². The molecule has 1 heterocycles. The first-order chi connectivity index (χ1) is 10.9. The standard InChI is InChI=1S/C16H20F3NO2S/c17-16(18,19)13-3-1-2-12(9-13)14(21)10-20-15(22)8-11-4-6-23-7-5-11/h1-3,9,11,14,21H,4-8,10H2,(H,20,22). The normalized spacial score (nSPS) is 17.7. The number of alkyl halides is 3. The number of halogens is 3. The summed E-state index contributed by atoms with van der Waals surface area (Å²) in [6, 6.07) is 4.54. The Morgan fingerprint density at radius 3 is 2.70 bits per heavy atom. The van der Waals surface area contributed by atoms with Gasteiger partial charge >= 0.3 is 6.18 Å². The van der Waals surface area contributed by atoms with Crippen molar-refractivity contribution in [3.63, 3.8) is 0 Å². The van der Waals surface area contributed by atoms with E-state index < -0.39 is 17.8 Å². The highest BCUT2D eigenvalue weighted by molar-refractivity contribution is 7.99. The van der Waals surface area contributed by atoms with E-state index in [9.17, 15) is 23.1 Å². The lowest BCUT2D eigenvalue weighted by atomic mass is 9.98. The van der Waals surface area contributed by atoms with Crippen molar-refractivity contribution in [1.29, 1.82) is 0 Å².